The number of nitrogens with zero attached hydrogens (tertiary/aromatic N) is 3. The van der Waals surface area contributed by atoms with Crippen LogP contribution in [0.4, 0.5) is 0 Å². The summed E-state index contributed by atoms with van der Waals surface area (Å²) in [6.07, 6.45) is 10.2. The smallest absolute Gasteiger partial charge is 0.191 e. The highest BCUT2D eigenvalue weighted by atomic mass is 127. The van der Waals surface area contributed by atoms with Crippen LogP contribution < -0.4 is 10.6 Å². The zero-order chi connectivity index (χ0) is 18.0. The lowest BCUT2D eigenvalue weighted by Gasteiger charge is -2.30. The van der Waals surface area contributed by atoms with Gasteiger partial charge in [0.2, 0.25) is 0 Å². The van der Waals surface area contributed by atoms with Crippen molar-refractivity contribution in [1.29, 1.82) is 0 Å². The average Bonchev–Trinajstić information content (AvgIpc) is 3.28. The maximum atomic E-state index is 5.60. The minimum absolute atomic E-state index is 0. The molecule has 2 N–H and O–H groups in total. The number of nitrogens with one attached hydrogen (secondary N) is 2. The van der Waals surface area contributed by atoms with Gasteiger partial charge in [0.05, 0.1) is 0 Å². The normalized spacial score (nSPS) is 17.6. The quantitative estimate of drug-likeness (QED) is 0.235. The first-order chi connectivity index (χ1) is 12.2. The Labute approximate surface area is 175 Å². The second kappa shape index (κ2) is 12.5. The molecule has 1 atom stereocenters. The lowest BCUT2D eigenvalue weighted by atomic mass is 9.83. The zero-order valence-corrected chi connectivity index (χ0v) is 18.9. The van der Waals surface area contributed by atoms with E-state index in [0.29, 0.717) is 11.3 Å². The van der Waals surface area contributed by atoms with E-state index in [1.807, 2.05) is 30.2 Å². The minimum atomic E-state index is 0. The van der Waals surface area contributed by atoms with Crippen molar-refractivity contribution in [3.63, 3.8) is 0 Å². The van der Waals surface area contributed by atoms with Gasteiger partial charge in [0.25, 0.3) is 0 Å². The van der Waals surface area contributed by atoms with Crippen LogP contribution >= 0.6 is 24.0 Å². The topological polar surface area (TPSA) is 63.5 Å². The third-order valence-electron chi connectivity index (χ3n) is 5.18. The molecule has 1 saturated carbocycles. The molecule has 6 nitrogen and oxygen atoms in total. The van der Waals surface area contributed by atoms with Crippen LogP contribution in [-0.4, -0.2) is 49.1 Å². The Morgan fingerprint density at radius 2 is 2.12 bits per heavy atom. The number of guanidine groups is 1. The highest BCUT2D eigenvalue weighted by Crippen LogP contribution is 2.40. The number of aromatic nitrogens is 2. The van der Waals surface area contributed by atoms with E-state index in [9.17, 15) is 0 Å². The van der Waals surface area contributed by atoms with Crippen molar-refractivity contribution >= 4 is 29.9 Å². The summed E-state index contributed by atoms with van der Waals surface area (Å²) in [5.74, 6) is 1.38. The van der Waals surface area contributed by atoms with E-state index in [-0.39, 0.29) is 24.0 Å². The van der Waals surface area contributed by atoms with Crippen LogP contribution in [0.25, 0.3) is 0 Å². The summed E-state index contributed by atoms with van der Waals surface area (Å²) in [6.45, 7) is 8.73. The van der Waals surface area contributed by atoms with Gasteiger partial charge in [-0.2, -0.15) is 5.10 Å². The molecule has 26 heavy (non-hydrogen) atoms. The van der Waals surface area contributed by atoms with Crippen LogP contribution in [0.5, 0.6) is 0 Å². The zero-order valence-electron chi connectivity index (χ0n) is 16.5. The monoisotopic (exact) mass is 477 g/mol. The Morgan fingerprint density at radius 3 is 2.73 bits per heavy atom. The van der Waals surface area contributed by atoms with E-state index in [1.54, 1.807) is 0 Å². The minimum Gasteiger partial charge on any atom is -0.382 e. The molecule has 1 fully saturated rings. The van der Waals surface area contributed by atoms with Crippen LogP contribution in [0.15, 0.2) is 23.5 Å². The maximum absolute atomic E-state index is 5.60. The summed E-state index contributed by atoms with van der Waals surface area (Å²) >= 11 is 0. The van der Waals surface area contributed by atoms with E-state index in [4.69, 9.17) is 4.74 Å². The third-order valence-corrected chi connectivity index (χ3v) is 5.18. The number of ether oxygens (including phenoxy) is 1. The van der Waals surface area contributed by atoms with E-state index < -0.39 is 0 Å². The van der Waals surface area contributed by atoms with Gasteiger partial charge in [-0.15, -0.1) is 24.0 Å². The Balaban J connectivity index is 0.00000338. The first-order valence-electron chi connectivity index (χ1n) is 9.67. The van der Waals surface area contributed by atoms with Gasteiger partial charge in [-0.05, 0) is 43.6 Å². The number of hydrogen-bond acceptors (Lipinski definition) is 3. The molecule has 1 aliphatic rings. The molecule has 0 spiro atoms. The fourth-order valence-corrected chi connectivity index (χ4v) is 3.63. The van der Waals surface area contributed by atoms with Crippen LogP contribution in [0.3, 0.4) is 0 Å². The standard InChI is InChI=1S/C19H35N5O.HI/c1-4-25-13-10-19(8-5-6-9-19)16-22-18(20-3)21-14-17(2)15-24-12-7-11-23-24;/h7,11-12,17H,4-6,8-10,13-16H2,1-3H3,(H2,20,21,22);1H. The Kier molecular flexibility index (Phi) is 11.2. The second-order valence-corrected chi connectivity index (χ2v) is 7.29. The Bertz CT molecular complexity index is 500. The lowest BCUT2D eigenvalue weighted by molar-refractivity contribution is 0.105. The number of hydrogen-bond donors (Lipinski definition) is 2. The van der Waals surface area contributed by atoms with Crippen LogP contribution in [0.1, 0.15) is 46.0 Å². The van der Waals surface area contributed by atoms with Crippen molar-refractivity contribution in [1.82, 2.24) is 20.4 Å². The summed E-state index contributed by atoms with van der Waals surface area (Å²) in [5, 5.41) is 11.3. The van der Waals surface area contributed by atoms with E-state index in [2.05, 4.69) is 34.6 Å². The van der Waals surface area contributed by atoms with E-state index in [0.717, 1.165) is 45.2 Å². The summed E-state index contributed by atoms with van der Waals surface area (Å²) in [6, 6.07) is 1.96. The van der Waals surface area contributed by atoms with Gasteiger partial charge in [0, 0.05) is 52.3 Å². The highest BCUT2D eigenvalue weighted by Gasteiger charge is 2.33. The molecule has 0 amide bonds. The molecule has 7 heteroatoms. The predicted octanol–water partition coefficient (Wildman–Crippen LogP) is 3.29. The first-order valence-corrected chi connectivity index (χ1v) is 9.67. The summed E-state index contributed by atoms with van der Waals surface area (Å²) in [5.41, 5.74) is 0.369. The molecule has 1 aromatic heterocycles. The molecule has 150 valence electrons. The molecule has 0 radical (unpaired) electrons. The van der Waals surface area contributed by atoms with Crippen molar-refractivity contribution in [2.24, 2.45) is 16.3 Å². The van der Waals surface area contributed by atoms with Gasteiger partial charge in [0.15, 0.2) is 5.96 Å². The highest BCUT2D eigenvalue weighted by molar-refractivity contribution is 14.0. The SMILES string of the molecule is CCOCCC1(CNC(=NC)NCC(C)Cn2cccn2)CCCC1.I. The van der Waals surface area contributed by atoms with Crippen molar-refractivity contribution in [2.45, 2.75) is 52.5 Å². The van der Waals surface area contributed by atoms with Crippen molar-refractivity contribution in [2.75, 3.05) is 33.4 Å². The maximum Gasteiger partial charge on any atom is 0.191 e. The van der Waals surface area contributed by atoms with Crippen molar-refractivity contribution < 1.29 is 4.74 Å². The molecule has 2 rings (SSSR count). The molecule has 1 aliphatic carbocycles. The van der Waals surface area contributed by atoms with Gasteiger partial charge in [-0.25, -0.2) is 0 Å². The summed E-state index contributed by atoms with van der Waals surface area (Å²) < 4.78 is 7.58. The van der Waals surface area contributed by atoms with Gasteiger partial charge < -0.3 is 15.4 Å². The largest absolute Gasteiger partial charge is 0.382 e. The fourth-order valence-electron chi connectivity index (χ4n) is 3.63. The number of aliphatic imine (C=N–C) groups is 1. The van der Waals surface area contributed by atoms with Crippen LogP contribution in [-0.2, 0) is 11.3 Å². The summed E-state index contributed by atoms with van der Waals surface area (Å²) in [7, 11) is 1.84. The van der Waals surface area contributed by atoms with Gasteiger partial charge in [-0.3, -0.25) is 9.67 Å². The lowest BCUT2D eigenvalue weighted by Crippen LogP contribution is -2.44. The second-order valence-electron chi connectivity index (χ2n) is 7.29. The fraction of sp³-hybridized carbons (Fsp3) is 0.789. The van der Waals surface area contributed by atoms with Crippen LogP contribution in [0, 0.1) is 11.3 Å². The Morgan fingerprint density at radius 1 is 1.35 bits per heavy atom. The molecular formula is C19H36IN5O. The van der Waals surface area contributed by atoms with Crippen molar-refractivity contribution in [3.8, 4) is 0 Å². The molecule has 0 bridgehead atoms. The molecule has 0 aliphatic heterocycles. The van der Waals surface area contributed by atoms with E-state index in [1.165, 1.54) is 25.7 Å². The molecule has 1 unspecified atom stereocenters. The first kappa shape index (κ1) is 23.2. The molecule has 1 heterocycles. The summed E-state index contributed by atoms with van der Waals surface area (Å²) in [4.78, 5) is 4.39. The molecule has 1 aromatic rings. The van der Waals surface area contributed by atoms with Crippen molar-refractivity contribution in [3.05, 3.63) is 18.5 Å². The third kappa shape index (κ3) is 7.82. The number of halogens is 1. The Hall–Kier alpha value is -0.830. The van der Waals surface area contributed by atoms with E-state index >= 15 is 0 Å². The molecule has 0 saturated heterocycles. The van der Waals surface area contributed by atoms with Gasteiger partial charge in [-0.1, -0.05) is 19.8 Å². The predicted molar refractivity (Wildman–Crippen MR) is 118 cm³/mol. The average molecular weight is 477 g/mol. The number of rotatable bonds is 10. The molecular weight excluding hydrogens is 441 g/mol. The van der Waals surface area contributed by atoms with Gasteiger partial charge >= 0.3 is 0 Å². The van der Waals surface area contributed by atoms with Crippen LogP contribution in [0.2, 0.25) is 0 Å². The van der Waals surface area contributed by atoms with Gasteiger partial charge in [0.1, 0.15) is 0 Å². The molecule has 0 aromatic carbocycles.